The second kappa shape index (κ2) is 8.82. The number of carbonyl (C=O) groups excluding carboxylic acids is 2. The number of benzene rings is 2. The van der Waals surface area contributed by atoms with Crippen LogP contribution in [0.5, 0.6) is 0 Å². The number of nitrogens with one attached hydrogen (secondary N) is 1. The molecular weight excluding hydrogens is 374 g/mol. The van der Waals surface area contributed by atoms with Crippen molar-refractivity contribution >= 4 is 23.2 Å². The monoisotopic (exact) mass is 395 g/mol. The first kappa shape index (κ1) is 19.8. The lowest BCUT2D eigenvalue weighted by Crippen LogP contribution is -2.40. The van der Waals surface area contributed by atoms with Crippen LogP contribution in [0.15, 0.2) is 78.2 Å². The predicted molar refractivity (Wildman–Crippen MR) is 108 cm³/mol. The zero-order valence-corrected chi connectivity index (χ0v) is 16.2. The minimum atomic E-state index is -2.00. The molecule has 1 heterocycles. The predicted octanol–water partition coefficient (Wildman–Crippen LogP) is 3.40. The molecule has 144 valence electrons. The van der Waals surface area contributed by atoms with Crippen LogP contribution in [0.3, 0.4) is 0 Å². The van der Waals surface area contributed by atoms with Gasteiger partial charge in [0, 0.05) is 4.88 Å². The molecule has 0 aliphatic rings. The van der Waals surface area contributed by atoms with Gasteiger partial charge in [0.05, 0.1) is 6.04 Å². The zero-order valence-electron chi connectivity index (χ0n) is 15.4. The summed E-state index contributed by atoms with van der Waals surface area (Å²) in [6.45, 7) is 1.38. The van der Waals surface area contributed by atoms with Gasteiger partial charge in [-0.15, -0.1) is 11.3 Å². The van der Waals surface area contributed by atoms with E-state index in [0.29, 0.717) is 11.1 Å². The number of hydrogen-bond donors (Lipinski definition) is 2. The fourth-order valence-corrected chi connectivity index (χ4v) is 3.62. The van der Waals surface area contributed by atoms with Crippen molar-refractivity contribution in [2.45, 2.75) is 18.6 Å². The number of amides is 1. The highest BCUT2D eigenvalue weighted by Gasteiger charge is 2.41. The Balaban J connectivity index is 1.73. The van der Waals surface area contributed by atoms with E-state index in [0.717, 1.165) is 4.88 Å². The van der Waals surface area contributed by atoms with Crippen LogP contribution >= 0.6 is 11.3 Å². The van der Waals surface area contributed by atoms with Crippen LogP contribution in [-0.4, -0.2) is 23.6 Å². The molecule has 0 fully saturated rings. The first-order valence-electron chi connectivity index (χ1n) is 8.85. The van der Waals surface area contributed by atoms with E-state index < -0.39 is 24.1 Å². The molecule has 0 unspecified atom stereocenters. The number of aliphatic hydroxyl groups is 1. The molecule has 3 aromatic rings. The van der Waals surface area contributed by atoms with E-state index in [1.54, 1.807) is 60.7 Å². The van der Waals surface area contributed by atoms with Crippen LogP contribution in [0.1, 0.15) is 29.0 Å². The quantitative estimate of drug-likeness (QED) is 0.601. The molecule has 0 aliphatic carbocycles. The fourth-order valence-electron chi connectivity index (χ4n) is 2.89. The Morgan fingerprint density at radius 3 is 2.07 bits per heavy atom. The van der Waals surface area contributed by atoms with Crippen molar-refractivity contribution in [2.75, 3.05) is 6.61 Å². The average molecular weight is 395 g/mol. The molecule has 0 saturated heterocycles. The summed E-state index contributed by atoms with van der Waals surface area (Å²) in [5, 5.41) is 16.0. The third-order valence-electron chi connectivity index (χ3n) is 4.36. The molecule has 2 aromatic carbocycles. The maximum Gasteiger partial charge on any atom is 0.348 e. The fraction of sp³-hybridized carbons (Fsp3) is 0.182. The highest BCUT2D eigenvalue weighted by atomic mass is 32.1. The van der Waals surface area contributed by atoms with Gasteiger partial charge in [0.15, 0.2) is 6.61 Å². The largest absolute Gasteiger partial charge is 0.453 e. The average Bonchev–Trinajstić information content (AvgIpc) is 3.28. The first-order chi connectivity index (χ1) is 13.5. The van der Waals surface area contributed by atoms with Crippen molar-refractivity contribution in [3.8, 4) is 0 Å². The van der Waals surface area contributed by atoms with E-state index in [4.69, 9.17) is 4.74 Å². The van der Waals surface area contributed by atoms with Gasteiger partial charge in [0.2, 0.25) is 5.60 Å². The molecule has 0 radical (unpaired) electrons. The van der Waals surface area contributed by atoms with E-state index >= 15 is 0 Å². The van der Waals surface area contributed by atoms with E-state index in [9.17, 15) is 14.7 Å². The minimum Gasteiger partial charge on any atom is -0.453 e. The molecule has 0 spiro atoms. The van der Waals surface area contributed by atoms with Crippen LogP contribution in [-0.2, 0) is 19.9 Å². The van der Waals surface area contributed by atoms with Gasteiger partial charge in [0.25, 0.3) is 5.91 Å². The lowest BCUT2D eigenvalue weighted by molar-refractivity contribution is -0.164. The van der Waals surface area contributed by atoms with Crippen LogP contribution in [0.4, 0.5) is 0 Å². The van der Waals surface area contributed by atoms with E-state index in [2.05, 4.69) is 5.32 Å². The van der Waals surface area contributed by atoms with Gasteiger partial charge in [-0.05, 0) is 29.5 Å². The highest BCUT2D eigenvalue weighted by Crippen LogP contribution is 2.31. The van der Waals surface area contributed by atoms with Gasteiger partial charge in [-0.1, -0.05) is 66.7 Å². The van der Waals surface area contributed by atoms with Gasteiger partial charge in [0.1, 0.15) is 0 Å². The van der Waals surface area contributed by atoms with Gasteiger partial charge < -0.3 is 15.2 Å². The summed E-state index contributed by atoms with van der Waals surface area (Å²) in [7, 11) is 0. The summed E-state index contributed by atoms with van der Waals surface area (Å²) in [5.74, 6) is -1.33. The van der Waals surface area contributed by atoms with Crippen LogP contribution in [0, 0.1) is 0 Å². The Bertz CT molecular complexity index is 871. The smallest absolute Gasteiger partial charge is 0.348 e. The SMILES string of the molecule is C[C@H](NC(=O)COC(=O)C(O)(c1ccccc1)c1ccccc1)c1cccs1. The Labute approximate surface area is 167 Å². The third-order valence-corrected chi connectivity index (χ3v) is 5.42. The molecule has 1 aromatic heterocycles. The molecule has 2 N–H and O–H groups in total. The van der Waals surface area contributed by atoms with Crippen molar-refractivity contribution in [2.24, 2.45) is 0 Å². The number of esters is 1. The normalized spacial score (nSPS) is 12.2. The van der Waals surface area contributed by atoms with Crippen molar-refractivity contribution in [1.82, 2.24) is 5.32 Å². The molecule has 0 saturated carbocycles. The Hall–Kier alpha value is -2.96. The number of thiophene rings is 1. The van der Waals surface area contributed by atoms with Crippen molar-refractivity contribution in [3.05, 3.63) is 94.2 Å². The minimum absolute atomic E-state index is 0.187. The number of ether oxygens (including phenoxy) is 1. The van der Waals surface area contributed by atoms with E-state index in [1.807, 2.05) is 24.4 Å². The van der Waals surface area contributed by atoms with Gasteiger partial charge in [-0.3, -0.25) is 4.79 Å². The summed E-state index contributed by atoms with van der Waals surface area (Å²) in [4.78, 5) is 26.0. The van der Waals surface area contributed by atoms with Crippen LogP contribution in [0.25, 0.3) is 0 Å². The molecule has 0 aliphatic heterocycles. The zero-order chi connectivity index (χ0) is 20.0. The highest BCUT2D eigenvalue weighted by molar-refractivity contribution is 7.10. The molecule has 3 rings (SSSR count). The number of rotatable bonds is 7. The molecule has 1 amide bonds. The third kappa shape index (κ3) is 4.30. The summed E-state index contributed by atoms with van der Waals surface area (Å²) < 4.78 is 5.20. The van der Waals surface area contributed by atoms with Gasteiger partial charge >= 0.3 is 5.97 Å². The summed E-state index contributed by atoms with van der Waals surface area (Å²) in [5.41, 5.74) is -1.25. The van der Waals surface area contributed by atoms with Crippen LogP contribution < -0.4 is 5.32 Å². The summed E-state index contributed by atoms with van der Waals surface area (Å²) in [6.07, 6.45) is 0. The number of carbonyl (C=O) groups is 2. The Morgan fingerprint density at radius 1 is 1.00 bits per heavy atom. The van der Waals surface area contributed by atoms with Gasteiger partial charge in [-0.25, -0.2) is 4.79 Å². The molecule has 28 heavy (non-hydrogen) atoms. The Morgan fingerprint density at radius 2 is 1.57 bits per heavy atom. The molecule has 6 heteroatoms. The maximum absolute atomic E-state index is 12.8. The molecular formula is C22H21NO4S. The van der Waals surface area contributed by atoms with Crippen molar-refractivity contribution in [1.29, 1.82) is 0 Å². The van der Waals surface area contributed by atoms with E-state index in [1.165, 1.54) is 11.3 Å². The topological polar surface area (TPSA) is 75.6 Å². The standard InChI is InChI=1S/C22H21NO4S/c1-16(19-13-8-14-28-19)23-20(24)15-27-21(25)22(26,17-9-4-2-5-10-17)18-11-6-3-7-12-18/h2-14,16,26H,15H2,1H3,(H,23,24)/t16-/m0/s1. The molecule has 0 bridgehead atoms. The second-order valence-corrected chi connectivity index (χ2v) is 7.30. The lowest BCUT2D eigenvalue weighted by Gasteiger charge is -2.27. The Kier molecular flexibility index (Phi) is 6.23. The molecule has 5 nitrogen and oxygen atoms in total. The van der Waals surface area contributed by atoms with Gasteiger partial charge in [-0.2, -0.15) is 0 Å². The van der Waals surface area contributed by atoms with Crippen molar-refractivity contribution < 1.29 is 19.4 Å². The second-order valence-electron chi connectivity index (χ2n) is 6.32. The lowest BCUT2D eigenvalue weighted by atomic mass is 9.86. The summed E-state index contributed by atoms with van der Waals surface area (Å²) in [6, 6.07) is 20.7. The number of hydrogen-bond acceptors (Lipinski definition) is 5. The maximum atomic E-state index is 12.8. The summed E-state index contributed by atoms with van der Waals surface area (Å²) >= 11 is 1.53. The van der Waals surface area contributed by atoms with Crippen LogP contribution in [0.2, 0.25) is 0 Å². The first-order valence-corrected chi connectivity index (χ1v) is 9.73. The van der Waals surface area contributed by atoms with Crippen molar-refractivity contribution in [3.63, 3.8) is 0 Å². The molecule has 1 atom stereocenters. The van der Waals surface area contributed by atoms with E-state index in [-0.39, 0.29) is 6.04 Å².